The van der Waals surface area contributed by atoms with Crippen molar-refractivity contribution in [1.82, 2.24) is 6.15 Å². The zero-order chi connectivity index (χ0) is 9.94. The highest BCUT2D eigenvalue weighted by Gasteiger charge is 1.95. The van der Waals surface area contributed by atoms with E-state index in [9.17, 15) is 4.79 Å². The topological polar surface area (TPSA) is 72.3 Å². The second-order valence-electron chi connectivity index (χ2n) is 3.62. The average Bonchev–Trinajstić information content (AvgIpc) is 2.09. The summed E-state index contributed by atoms with van der Waals surface area (Å²) in [6, 6.07) is 0. The molecule has 0 aliphatic heterocycles. The molecule has 0 bridgehead atoms. The van der Waals surface area contributed by atoms with Gasteiger partial charge in [-0.15, -0.1) is 0 Å². The molecule has 0 unspecified atom stereocenters. The summed E-state index contributed by atoms with van der Waals surface area (Å²) in [6.45, 7) is 2.22. The minimum atomic E-state index is -0.661. The molecule has 0 amide bonds. The van der Waals surface area contributed by atoms with E-state index < -0.39 is 5.97 Å². The Morgan fingerprint density at radius 2 is 1.36 bits per heavy atom. The third-order valence-electron chi connectivity index (χ3n) is 2.24. The molecule has 3 nitrogen and oxygen atoms in total. The first-order valence-corrected chi connectivity index (χ1v) is 5.49. The fourth-order valence-electron chi connectivity index (χ4n) is 1.41. The highest BCUT2D eigenvalue weighted by Crippen LogP contribution is 2.09. The Bertz CT molecular complexity index is 126. The molecule has 0 fully saturated rings. The molecule has 0 radical (unpaired) electrons. The Labute approximate surface area is 87.5 Å². The van der Waals surface area contributed by atoms with Gasteiger partial charge in [-0.25, -0.2) is 0 Å². The summed E-state index contributed by atoms with van der Waals surface area (Å²) in [4.78, 5) is 10.2. The fourth-order valence-corrected chi connectivity index (χ4v) is 1.41. The van der Waals surface area contributed by atoms with E-state index in [4.69, 9.17) is 5.11 Å². The predicted octanol–water partition coefficient (Wildman–Crippen LogP) is 3.76. The van der Waals surface area contributed by atoms with Crippen LogP contribution in [0.3, 0.4) is 0 Å². The molecule has 3 heteroatoms. The summed E-state index contributed by atoms with van der Waals surface area (Å²) in [5.41, 5.74) is 0. The van der Waals surface area contributed by atoms with Crippen LogP contribution in [-0.2, 0) is 4.79 Å². The maximum atomic E-state index is 10.2. The molecule has 0 aromatic heterocycles. The molecule has 0 saturated carbocycles. The first-order valence-electron chi connectivity index (χ1n) is 5.49. The van der Waals surface area contributed by atoms with Crippen LogP contribution in [0.2, 0.25) is 0 Å². The van der Waals surface area contributed by atoms with Gasteiger partial charge in [0, 0.05) is 6.42 Å². The van der Waals surface area contributed by atoms with Gasteiger partial charge in [0.25, 0.3) is 0 Å². The SMILES string of the molecule is CCCCCCCCCCC(=O)O.N. The van der Waals surface area contributed by atoms with Gasteiger partial charge in [0.1, 0.15) is 0 Å². The second kappa shape index (κ2) is 12.4. The quantitative estimate of drug-likeness (QED) is 0.560. The van der Waals surface area contributed by atoms with E-state index in [0.29, 0.717) is 6.42 Å². The Morgan fingerprint density at radius 3 is 1.79 bits per heavy atom. The van der Waals surface area contributed by atoms with Gasteiger partial charge in [0.2, 0.25) is 0 Å². The second-order valence-corrected chi connectivity index (χ2v) is 3.62. The lowest BCUT2D eigenvalue weighted by Crippen LogP contribution is -1.93. The standard InChI is InChI=1S/C11H22O2.H3N/c1-2-3-4-5-6-7-8-9-10-11(12)13;/h2-10H2,1H3,(H,12,13);1H3. The maximum absolute atomic E-state index is 10.2. The minimum Gasteiger partial charge on any atom is -0.481 e. The number of aliphatic carboxylic acids is 1. The Morgan fingerprint density at radius 1 is 0.929 bits per heavy atom. The number of carboxylic acid groups (broad SMARTS) is 1. The maximum Gasteiger partial charge on any atom is 0.303 e. The van der Waals surface area contributed by atoms with Gasteiger partial charge >= 0.3 is 5.97 Å². The number of rotatable bonds is 9. The van der Waals surface area contributed by atoms with Gasteiger partial charge in [-0.3, -0.25) is 4.79 Å². The van der Waals surface area contributed by atoms with Crippen molar-refractivity contribution >= 4 is 5.97 Å². The monoisotopic (exact) mass is 203 g/mol. The number of hydrogen-bond donors (Lipinski definition) is 2. The summed E-state index contributed by atoms with van der Waals surface area (Å²) >= 11 is 0. The Balaban J connectivity index is 0. The third kappa shape index (κ3) is 14.0. The van der Waals surface area contributed by atoms with Crippen LogP contribution in [0.25, 0.3) is 0 Å². The van der Waals surface area contributed by atoms with Gasteiger partial charge in [-0.05, 0) is 6.42 Å². The smallest absolute Gasteiger partial charge is 0.303 e. The van der Waals surface area contributed by atoms with Crippen LogP contribution in [0.5, 0.6) is 0 Å². The highest BCUT2D eigenvalue weighted by molar-refractivity contribution is 5.66. The van der Waals surface area contributed by atoms with Crippen molar-refractivity contribution < 1.29 is 9.90 Å². The van der Waals surface area contributed by atoms with Gasteiger partial charge in [-0.1, -0.05) is 51.9 Å². The lowest BCUT2D eigenvalue weighted by atomic mass is 10.1. The zero-order valence-electron chi connectivity index (χ0n) is 9.43. The molecule has 0 saturated heterocycles. The summed E-state index contributed by atoms with van der Waals surface area (Å²) in [5.74, 6) is -0.661. The zero-order valence-corrected chi connectivity index (χ0v) is 9.43. The van der Waals surface area contributed by atoms with E-state index in [1.807, 2.05) is 0 Å². The van der Waals surface area contributed by atoms with E-state index >= 15 is 0 Å². The van der Waals surface area contributed by atoms with Crippen molar-refractivity contribution in [2.45, 2.75) is 64.7 Å². The van der Waals surface area contributed by atoms with Crippen molar-refractivity contribution in [2.75, 3.05) is 0 Å². The Hall–Kier alpha value is -0.570. The van der Waals surface area contributed by atoms with Crippen molar-refractivity contribution in [3.63, 3.8) is 0 Å². The van der Waals surface area contributed by atoms with E-state index in [-0.39, 0.29) is 6.15 Å². The normalized spacial score (nSPS) is 9.50. The molecule has 86 valence electrons. The molecule has 4 N–H and O–H groups in total. The van der Waals surface area contributed by atoms with Gasteiger partial charge < -0.3 is 11.3 Å². The van der Waals surface area contributed by atoms with Crippen molar-refractivity contribution in [3.8, 4) is 0 Å². The molecule has 0 atom stereocenters. The van der Waals surface area contributed by atoms with Gasteiger partial charge in [0.15, 0.2) is 0 Å². The van der Waals surface area contributed by atoms with E-state index in [0.717, 1.165) is 12.8 Å². The molecular formula is C11H25NO2. The van der Waals surface area contributed by atoms with E-state index in [1.54, 1.807) is 0 Å². The van der Waals surface area contributed by atoms with Crippen molar-refractivity contribution in [3.05, 3.63) is 0 Å². The molecule has 14 heavy (non-hydrogen) atoms. The van der Waals surface area contributed by atoms with Crippen LogP contribution in [0.15, 0.2) is 0 Å². The summed E-state index contributed by atoms with van der Waals surface area (Å²) in [6.07, 6.45) is 10.1. The first-order chi connectivity index (χ1) is 6.27. The minimum absolute atomic E-state index is 0. The average molecular weight is 203 g/mol. The van der Waals surface area contributed by atoms with Crippen LogP contribution in [-0.4, -0.2) is 11.1 Å². The molecule has 0 heterocycles. The van der Waals surface area contributed by atoms with E-state index in [2.05, 4.69) is 6.92 Å². The van der Waals surface area contributed by atoms with Gasteiger partial charge in [-0.2, -0.15) is 0 Å². The van der Waals surface area contributed by atoms with Crippen LogP contribution >= 0.6 is 0 Å². The molecule has 0 rings (SSSR count). The van der Waals surface area contributed by atoms with Crippen LogP contribution in [0.1, 0.15) is 64.7 Å². The van der Waals surface area contributed by atoms with Crippen molar-refractivity contribution in [1.29, 1.82) is 0 Å². The first kappa shape index (κ1) is 15.9. The lowest BCUT2D eigenvalue weighted by molar-refractivity contribution is -0.137. The van der Waals surface area contributed by atoms with Crippen LogP contribution in [0, 0.1) is 0 Å². The molecular weight excluding hydrogens is 178 g/mol. The molecule has 0 spiro atoms. The summed E-state index contributed by atoms with van der Waals surface area (Å²) in [5, 5.41) is 8.39. The molecule has 0 aliphatic carbocycles. The van der Waals surface area contributed by atoms with E-state index in [1.165, 1.54) is 38.5 Å². The summed E-state index contributed by atoms with van der Waals surface area (Å²) < 4.78 is 0. The lowest BCUT2D eigenvalue weighted by Gasteiger charge is -1.99. The molecule has 0 aromatic rings. The van der Waals surface area contributed by atoms with Crippen LogP contribution in [0.4, 0.5) is 0 Å². The molecule has 0 aliphatic rings. The molecule has 0 aromatic carbocycles. The van der Waals surface area contributed by atoms with Gasteiger partial charge in [0.05, 0.1) is 0 Å². The van der Waals surface area contributed by atoms with Crippen molar-refractivity contribution in [2.24, 2.45) is 0 Å². The Kier molecular flexibility index (Phi) is 14.1. The number of carbonyl (C=O) groups is 1. The largest absolute Gasteiger partial charge is 0.481 e. The summed E-state index contributed by atoms with van der Waals surface area (Å²) in [7, 11) is 0. The number of carboxylic acids is 1. The number of hydrogen-bond acceptors (Lipinski definition) is 2. The number of unbranched alkanes of at least 4 members (excludes halogenated alkanes) is 7. The van der Waals surface area contributed by atoms with Crippen LogP contribution < -0.4 is 6.15 Å². The predicted molar refractivity (Wildman–Crippen MR) is 59.9 cm³/mol. The fraction of sp³-hybridized carbons (Fsp3) is 0.909. The third-order valence-corrected chi connectivity index (χ3v) is 2.24. The highest BCUT2D eigenvalue weighted by atomic mass is 16.4.